The summed E-state index contributed by atoms with van der Waals surface area (Å²) in [7, 11) is 0. The lowest BCUT2D eigenvalue weighted by molar-refractivity contribution is -0.122. The third-order valence-electron chi connectivity index (χ3n) is 5.08. The molecule has 0 aliphatic carbocycles. The van der Waals surface area contributed by atoms with Gasteiger partial charge in [0.1, 0.15) is 0 Å². The Kier molecular flexibility index (Phi) is 4.96. The van der Waals surface area contributed by atoms with Crippen LogP contribution in [0.25, 0.3) is 0 Å². The summed E-state index contributed by atoms with van der Waals surface area (Å²) in [5.41, 5.74) is 7.48. The molecule has 2 aliphatic heterocycles. The van der Waals surface area contributed by atoms with E-state index in [1.54, 1.807) is 4.90 Å². The molecule has 23 heavy (non-hydrogen) atoms. The van der Waals surface area contributed by atoms with Crippen molar-refractivity contribution >= 4 is 17.5 Å². The van der Waals surface area contributed by atoms with Gasteiger partial charge in [-0.3, -0.25) is 9.59 Å². The van der Waals surface area contributed by atoms with Crippen molar-refractivity contribution in [3.8, 4) is 0 Å². The Labute approximate surface area is 137 Å². The van der Waals surface area contributed by atoms with E-state index in [1.807, 2.05) is 24.3 Å². The molecule has 1 aromatic rings. The number of fused-ring (bicyclic) bond motifs is 1. The van der Waals surface area contributed by atoms with Gasteiger partial charge in [-0.25, -0.2) is 0 Å². The van der Waals surface area contributed by atoms with Crippen LogP contribution in [0.2, 0.25) is 0 Å². The maximum atomic E-state index is 12.7. The van der Waals surface area contributed by atoms with Gasteiger partial charge in [0.25, 0.3) is 0 Å². The minimum Gasteiger partial charge on any atom is -0.369 e. The second kappa shape index (κ2) is 7.13. The van der Waals surface area contributed by atoms with Crippen LogP contribution in [0, 0.1) is 11.8 Å². The van der Waals surface area contributed by atoms with Crippen LogP contribution in [0.5, 0.6) is 0 Å². The molecule has 124 valence electrons. The summed E-state index contributed by atoms with van der Waals surface area (Å²) < 4.78 is 0. The smallest absolute Gasteiger partial charge is 0.227 e. The lowest BCUT2D eigenvalue weighted by Crippen LogP contribution is -2.44. The van der Waals surface area contributed by atoms with E-state index in [4.69, 9.17) is 5.73 Å². The van der Waals surface area contributed by atoms with Crippen LogP contribution in [0.1, 0.15) is 31.2 Å². The molecule has 0 aromatic heterocycles. The number of hydrogen-bond donors (Lipinski definition) is 2. The van der Waals surface area contributed by atoms with E-state index in [1.165, 1.54) is 0 Å². The van der Waals surface area contributed by atoms with Gasteiger partial charge in [-0.1, -0.05) is 18.2 Å². The van der Waals surface area contributed by atoms with Crippen molar-refractivity contribution in [3.05, 3.63) is 29.8 Å². The lowest BCUT2D eigenvalue weighted by Gasteiger charge is -2.34. The number of carbonyl (C=O) groups is 2. The molecule has 3 N–H and O–H groups in total. The van der Waals surface area contributed by atoms with Crippen molar-refractivity contribution in [2.75, 3.05) is 24.5 Å². The first-order chi connectivity index (χ1) is 11.1. The number of hydrogen-bond acceptors (Lipinski definition) is 3. The SMILES string of the molecule is NC(=O)C1Cc2ccccc2N(C(=O)CCC2CCNCC2)C1. The molecule has 0 spiro atoms. The van der Waals surface area contributed by atoms with E-state index in [2.05, 4.69) is 5.32 Å². The Hall–Kier alpha value is -1.88. The maximum absolute atomic E-state index is 12.7. The molecule has 0 radical (unpaired) electrons. The molecule has 1 aromatic carbocycles. The van der Waals surface area contributed by atoms with Gasteiger partial charge in [0.15, 0.2) is 0 Å². The maximum Gasteiger partial charge on any atom is 0.227 e. The number of rotatable bonds is 4. The monoisotopic (exact) mass is 315 g/mol. The summed E-state index contributed by atoms with van der Waals surface area (Å²) in [5.74, 6) is 0.137. The number of primary amides is 1. The number of amides is 2. The number of piperidine rings is 1. The van der Waals surface area contributed by atoms with E-state index >= 15 is 0 Å². The quantitative estimate of drug-likeness (QED) is 0.883. The fraction of sp³-hybridized carbons (Fsp3) is 0.556. The molecule has 1 fully saturated rings. The minimum absolute atomic E-state index is 0.113. The highest BCUT2D eigenvalue weighted by Crippen LogP contribution is 2.30. The molecule has 2 aliphatic rings. The van der Waals surface area contributed by atoms with Gasteiger partial charge in [-0.2, -0.15) is 0 Å². The second-order valence-corrected chi connectivity index (χ2v) is 6.67. The van der Waals surface area contributed by atoms with Gasteiger partial charge in [-0.05, 0) is 56.3 Å². The average molecular weight is 315 g/mol. The third-order valence-corrected chi connectivity index (χ3v) is 5.08. The zero-order valence-electron chi connectivity index (χ0n) is 13.5. The Bertz CT molecular complexity index is 581. The summed E-state index contributed by atoms with van der Waals surface area (Å²) in [4.78, 5) is 26.1. The van der Waals surface area contributed by atoms with Gasteiger partial charge < -0.3 is 16.0 Å². The van der Waals surface area contributed by atoms with Gasteiger partial charge in [0, 0.05) is 18.7 Å². The predicted molar refractivity (Wildman–Crippen MR) is 90.0 cm³/mol. The first kappa shape index (κ1) is 16.0. The minimum atomic E-state index is -0.323. The third kappa shape index (κ3) is 3.72. The molecule has 0 bridgehead atoms. The first-order valence-electron chi connectivity index (χ1n) is 8.53. The normalized spacial score (nSPS) is 21.7. The molecule has 1 unspecified atom stereocenters. The van der Waals surface area contributed by atoms with Crippen molar-refractivity contribution in [1.29, 1.82) is 0 Å². The van der Waals surface area contributed by atoms with E-state index in [9.17, 15) is 9.59 Å². The molecule has 5 heteroatoms. The van der Waals surface area contributed by atoms with Gasteiger partial charge >= 0.3 is 0 Å². The number of nitrogens with two attached hydrogens (primary N) is 1. The number of carbonyl (C=O) groups excluding carboxylic acids is 2. The fourth-order valence-corrected chi connectivity index (χ4v) is 3.66. The van der Waals surface area contributed by atoms with Crippen molar-refractivity contribution in [2.45, 2.75) is 32.1 Å². The Morgan fingerprint density at radius 1 is 1.22 bits per heavy atom. The summed E-state index contributed by atoms with van der Waals surface area (Å²) in [5, 5.41) is 3.35. The van der Waals surface area contributed by atoms with Gasteiger partial charge in [0.2, 0.25) is 11.8 Å². The number of para-hydroxylation sites is 1. The Morgan fingerprint density at radius 3 is 2.70 bits per heavy atom. The molecule has 1 saturated heterocycles. The van der Waals surface area contributed by atoms with Crippen LogP contribution in [-0.2, 0) is 16.0 Å². The van der Waals surface area contributed by atoms with E-state index in [0.29, 0.717) is 25.3 Å². The number of benzene rings is 1. The van der Waals surface area contributed by atoms with E-state index in [-0.39, 0.29) is 17.7 Å². The molecule has 2 heterocycles. The largest absolute Gasteiger partial charge is 0.369 e. The lowest BCUT2D eigenvalue weighted by atomic mass is 9.90. The summed E-state index contributed by atoms with van der Waals surface area (Å²) in [6.07, 6.45) is 4.40. The van der Waals surface area contributed by atoms with Crippen LogP contribution >= 0.6 is 0 Å². The first-order valence-corrected chi connectivity index (χ1v) is 8.53. The zero-order chi connectivity index (χ0) is 16.2. The topological polar surface area (TPSA) is 75.4 Å². The van der Waals surface area contributed by atoms with E-state index < -0.39 is 0 Å². The fourth-order valence-electron chi connectivity index (χ4n) is 3.66. The highest BCUT2D eigenvalue weighted by atomic mass is 16.2. The van der Waals surface area contributed by atoms with Crippen molar-refractivity contribution in [1.82, 2.24) is 5.32 Å². The molecular formula is C18H25N3O2. The number of nitrogens with zero attached hydrogens (tertiary/aromatic N) is 1. The van der Waals surface area contributed by atoms with Crippen molar-refractivity contribution < 1.29 is 9.59 Å². The summed E-state index contributed by atoms with van der Waals surface area (Å²) >= 11 is 0. The summed E-state index contributed by atoms with van der Waals surface area (Å²) in [6.45, 7) is 2.52. The second-order valence-electron chi connectivity index (χ2n) is 6.67. The molecule has 5 nitrogen and oxygen atoms in total. The Morgan fingerprint density at radius 2 is 1.96 bits per heavy atom. The van der Waals surface area contributed by atoms with Gasteiger partial charge in [0.05, 0.1) is 5.92 Å². The van der Waals surface area contributed by atoms with Crippen LogP contribution in [0.3, 0.4) is 0 Å². The van der Waals surface area contributed by atoms with Crippen LogP contribution in [-0.4, -0.2) is 31.4 Å². The molecule has 3 rings (SSSR count). The highest BCUT2D eigenvalue weighted by molar-refractivity contribution is 5.96. The zero-order valence-corrected chi connectivity index (χ0v) is 13.5. The average Bonchev–Trinajstić information content (AvgIpc) is 2.59. The van der Waals surface area contributed by atoms with Crippen molar-refractivity contribution in [2.24, 2.45) is 17.6 Å². The number of anilines is 1. The molecular weight excluding hydrogens is 290 g/mol. The van der Waals surface area contributed by atoms with E-state index in [0.717, 1.165) is 43.6 Å². The standard InChI is InChI=1S/C18H25N3O2/c19-18(23)15-11-14-3-1-2-4-16(14)21(12-15)17(22)6-5-13-7-9-20-10-8-13/h1-4,13,15,20H,5-12H2,(H2,19,23). The van der Waals surface area contributed by atoms with Crippen LogP contribution in [0.4, 0.5) is 5.69 Å². The molecule has 1 atom stereocenters. The highest BCUT2D eigenvalue weighted by Gasteiger charge is 2.31. The number of nitrogens with one attached hydrogen (secondary N) is 1. The van der Waals surface area contributed by atoms with Crippen LogP contribution < -0.4 is 16.0 Å². The summed E-state index contributed by atoms with van der Waals surface area (Å²) in [6, 6.07) is 7.84. The van der Waals surface area contributed by atoms with Gasteiger partial charge in [-0.15, -0.1) is 0 Å². The van der Waals surface area contributed by atoms with Crippen LogP contribution in [0.15, 0.2) is 24.3 Å². The Balaban J connectivity index is 1.69. The molecule has 2 amide bonds. The predicted octanol–water partition coefficient (Wildman–Crippen LogP) is 1.46. The molecule has 0 saturated carbocycles. The van der Waals surface area contributed by atoms with Crippen molar-refractivity contribution in [3.63, 3.8) is 0 Å².